The first kappa shape index (κ1) is 14.8. The van der Waals surface area contributed by atoms with Gasteiger partial charge in [0.25, 0.3) is 5.91 Å². The molecule has 4 rings (SSSR count). The van der Waals surface area contributed by atoms with Gasteiger partial charge in [0.15, 0.2) is 0 Å². The fraction of sp³-hybridized carbons (Fsp3) is 0.263. The molecule has 0 saturated heterocycles. The van der Waals surface area contributed by atoms with Crippen molar-refractivity contribution in [3.8, 4) is 11.1 Å². The van der Waals surface area contributed by atoms with Crippen LogP contribution in [0.15, 0.2) is 48.8 Å². The minimum absolute atomic E-state index is 0.441. The van der Waals surface area contributed by atoms with Crippen molar-refractivity contribution in [2.75, 3.05) is 11.9 Å². The molecule has 0 spiro atoms. The summed E-state index contributed by atoms with van der Waals surface area (Å²) in [4.78, 5) is 11.8. The lowest BCUT2D eigenvalue weighted by Crippen LogP contribution is -2.17. The Labute approximate surface area is 140 Å². The van der Waals surface area contributed by atoms with Crippen molar-refractivity contribution in [1.29, 1.82) is 0 Å². The molecular formula is C19H20N4O. The van der Waals surface area contributed by atoms with E-state index in [1.807, 2.05) is 30.5 Å². The lowest BCUT2D eigenvalue weighted by Gasteiger charge is -2.11. The highest BCUT2D eigenvalue weighted by Crippen LogP contribution is 2.33. The highest BCUT2D eigenvalue weighted by molar-refractivity contribution is 6.02. The number of hydrogen-bond acceptors (Lipinski definition) is 3. The second-order valence-corrected chi connectivity index (χ2v) is 6.38. The van der Waals surface area contributed by atoms with Crippen molar-refractivity contribution in [2.45, 2.75) is 19.3 Å². The van der Waals surface area contributed by atoms with Gasteiger partial charge in [-0.3, -0.25) is 4.79 Å². The Kier molecular flexibility index (Phi) is 3.69. The number of hydrogen-bond donors (Lipinski definition) is 2. The maximum atomic E-state index is 11.8. The molecule has 1 aromatic carbocycles. The highest BCUT2D eigenvalue weighted by atomic mass is 16.1. The number of rotatable bonds is 6. The molecule has 1 aliphatic carbocycles. The molecule has 3 aromatic rings. The molecule has 0 aliphatic heterocycles. The summed E-state index contributed by atoms with van der Waals surface area (Å²) < 4.78 is 1.80. The molecule has 1 amide bonds. The van der Waals surface area contributed by atoms with Crippen LogP contribution < -0.4 is 11.1 Å². The van der Waals surface area contributed by atoms with E-state index in [1.54, 1.807) is 10.7 Å². The number of fused-ring (bicyclic) bond motifs is 1. The van der Waals surface area contributed by atoms with Crippen LogP contribution >= 0.6 is 0 Å². The molecule has 5 heteroatoms. The Morgan fingerprint density at radius 1 is 1.25 bits per heavy atom. The number of nitrogens with zero attached hydrogens (tertiary/aromatic N) is 2. The maximum absolute atomic E-state index is 11.8. The summed E-state index contributed by atoms with van der Waals surface area (Å²) in [7, 11) is 0. The molecular weight excluding hydrogens is 300 g/mol. The van der Waals surface area contributed by atoms with E-state index in [2.05, 4.69) is 22.5 Å². The summed E-state index contributed by atoms with van der Waals surface area (Å²) in [6.45, 7) is 0.844. The zero-order valence-electron chi connectivity index (χ0n) is 13.4. The summed E-state index contributed by atoms with van der Waals surface area (Å²) in [5, 5.41) is 7.75. The Morgan fingerprint density at radius 3 is 2.75 bits per heavy atom. The summed E-state index contributed by atoms with van der Waals surface area (Å²) in [6, 6.07) is 12.2. The Morgan fingerprint density at radius 2 is 2.04 bits per heavy atom. The van der Waals surface area contributed by atoms with Gasteiger partial charge < -0.3 is 11.1 Å². The SMILES string of the molecule is NC(=O)c1cnn2cc(-c3ccccc3)cc2c1NCCC1CC1. The van der Waals surface area contributed by atoms with E-state index in [1.165, 1.54) is 12.8 Å². The Bertz CT molecular complexity index is 881. The van der Waals surface area contributed by atoms with Crippen LogP contribution in [-0.2, 0) is 0 Å². The third-order valence-corrected chi connectivity index (χ3v) is 4.56. The van der Waals surface area contributed by atoms with Crippen LogP contribution in [0.2, 0.25) is 0 Å². The zero-order chi connectivity index (χ0) is 16.5. The van der Waals surface area contributed by atoms with Crippen LogP contribution in [0, 0.1) is 5.92 Å². The van der Waals surface area contributed by atoms with Crippen LogP contribution in [0.25, 0.3) is 16.6 Å². The predicted molar refractivity (Wildman–Crippen MR) is 95.0 cm³/mol. The average Bonchev–Trinajstić information content (AvgIpc) is 3.31. The van der Waals surface area contributed by atoms with E-state index >= 15 is 0 Å². The maximum Gasteiger partial charge on any atom is 0.252 e. The number of anilines is 1. The van der Waals surface area contributed by atoms with Gasteiger partial charge in [-0.1, -0.05) is 43.2 Å². The van der Waals surface area contributed by atoms with Gasteiger partial charge >= 0.3 is 0 Å². The molecule has 0 atom stereocenters. The lowest BCUT2D eigenvalue weighted by molar-refractivity contribution is 0.100. The largest absolute Gasteiger partial charge is 0.383 e. The van der Waals surface area contributed by atoms with Gasteiger partial charge in [-0.2, -0.15) is 5.10 Å². The fourth-order valence-electron chi connectivity index (χ4n) is 3.03. The molecule has 122 valence electrons. The van der Waals surface area contributed by atoms with Crippen LogP contribution in [0.4, 0.5) is 5.69 Å². The summed E-state index contributed by atoms with van der Waals surface area (Å²) >= 11 is 0. The number of amides is 1. The van der Waals surface area contributed by atoms with Gasteiger partial charge in [0.05, 0.1) is 23.0 Å². The molecule has 3 N–H and O–H groups in total. The van der Waals surface area contributed by atoms with Gasteiger partial charge in [-0.15, -0.1) is 0 Å². The predicted octanol–water partition coefficient (Wildman–Crippen LogP) is 3.31. The fourth-order valence-corrected chi connectivity index (χ4v) is 3.03. The number of nitrogens with one attached hydrogen (secondary N) is 1. The van der Waals surface area contributed by atoms with E-state index in [-0.39, 0.29) is 0 Å². The first-order valence-electron chi connectivity index (χ1n) is 8.33. The molecule has 5 nitrogen and oxygen atoms in total. The normalized spacial score (nSPS) is 14.0. The minimum atomic E-state index is -0.457. The van der Waals surface area contributed by atoms with Gasteiger partial charge in [0.1, 0.15) is 0 Å². The molecule has 1 fully saturated rings. The Balaban J connectivity index is 1.74. The number of benzene rings is 1. The van der Waals surface area contributed by atoms with Crippen molar-refractivity contribution in [2.24, 2.45) is 11.7 Å². The minimum Gasteiger partial charge on any atom is -0.383 e. The van der Waals surface area contributed by atoms with Crippen LogP contribution in [0.1, 0.15) is 29.6 Å². The van der Waals surface area contributed by atoms with Gasteiger partial charge in [-0.25, -0.2) is 4.52 Å². The molecule has 1 aliphatic rings. The van der Waals surface area contributed by atoms with E-state index < -0.39 is 5.91 Å². The number of carbonyl (C=O) groups excluding carboxylic acids is 1. The lowest BCUT2D eigenvalue weighted by atomic mass is 10.1. The Hall–Kier alpha value is -2.82. The topological polar surface area (TPSA) is 72.4 Å². The molecule has 0 unspecified atom stereocenters. The zero-order valence-corrected chi connectivity index (χ0v) is 13.4. The second-order valence-electron chi connectivity index (χ2n) is 6.38. The summed E-state index contributed by atoms with van der Waals surface area (Å²) in [5.41, 5.74) is 9.82. The van der Waals surface area contributed by atoms with E-state index in [0.717, 1.165) is 41.2 Å². The van der Waals surface area contributed by atoms with E-state index in [9.17, 15) is 4.79 Å². The first-order chi connectivity index (χ1) is 11.7. The van der Waals surface area contributed by atoms with Crippen molar-refractivity contribution in [3.63, 3.8) is 0 Å². The molecule has 1 saturated carbocycles. The van der Waals surface area contributed by atoms with Crippen LogP contribution in [-0.4, -0.2) is 22.1 Å². The van der Waals surface area contributed by atoms with Gasteiger partial charge in [-0.05, 0) is 24.0 Å². The number of nitrogens with two attached hydrogens (primary N) is 1. The van der Waals surface area contributed by atoms with Crippen molar-refractivity contribution in [1.82, 2.24) is 9.61 Å². The number of aromatic nitrogens is 2. The molecule has 2 aromatic heterocycles. The highest BCUT2D eigenvalue weighted by Gasteiger charge is 2.21. The smallest absolute Gasteiger partial charge is 0.252 e. The molecule has 0 bridgehead atoms. The first-order valence-corrected chi connectivity index (χ1v) is 8.33. The third kappa shape index (κ3) is 2.85. The van der Waals surface area contributed by atoms with Crippen LogP contribution in [0.5, 0.6) is 0 Å². The summed E-state index contributed by atoms with van der Waals surface area (Å²) in [5.74, 6) is 0.375. The number of carbonyl (C=O) groups is 1. The third-order valence-electron chi connectivity index (χ3n) is 4.56. The van der Waals surface area contributed by atoms with Gasteiger partial charge in [0, 0.05) is 18.3 Å². The molecule has 2 heterocycles. The summed E-state index contributed by atoms with van der Waals surface area (Å²) in [6.07, 6.45) is 7.28. The van der Waals surface area contributed by atoms with Crippen LogP contribution in [0.3, 0.4) is 0 Å². The van der Waals surface area contributed by atoms with E-state index in [4.69, 9.17) is 5.73 Å². The van der Waals surface area contributed by atoms with Crippen molar-refractivity contribution < 1.29 is 4.79 Å². The standard InChI is InChI=1S/C19H20N4O/c20-19(24)16-11-22-23-12-15(14-4-2-1-3-5-14)10-17(23)18(16)21-9-8-13-6-7-13/h1-5,10-13,21H,6-9H2,(H2,20,24). The molecule has 24 heavy (non-hydrogen) atoms. The van der Waals surface area contributed by atoms with Gasteiger partial charge in [0.2, 0.25) is 0 Å². The molecule has 0 radical (unpaired) electrons. The monoisotopic (exact) mass is 320 g/mol. The average molecular weight is 320 g/mol. The number of primary amides is 1. The van der Waals surface area contributed by atoms with Crippen molar-refractivity contribution in [3.05, 3.63) is 54.4 Å². The second kappa shape index (κ2) is 6.00. The van der Waals surface area contributed by atoms with Crippen molar-refractivity contribution >= 4 is 17.1 Å². The quantitative estimate of drug-likeness (QED) is 0.732. The van der Waals surface area contributed by atoms with E-state index in [0.29, 0.717) is 5.56 Å².